The van der Waals surface area contributed by atoms with Gasteiger partial charge in [0.1, 0.15) is 0 Å². The fourth-order valence-corrected chi connectivity index (χ4v) is 2.81. The average Bonchev–Trinajstić information content (AvgIpc) is 2.27. The van der Waals surface area contributed by atoms with E-state index in [-0.39, 0.29) is 0 Å². The smallest absolute Gasteiger partial charge is 0.0545 e. The number of benzene rings is 1. The molecule has 0 aliphatic rings. The lowest BCUT2D eigenvalue weighted by molar-refractivity contribution is 0.778. The molecule has 0 atom stereocenters. The molecule has 1 nitrogen and oxygen atoms in total. The maximum Gasteiger partial charge on any atom is 0.0545 e. The van der Waals surface area contributed by atoms with Gasteiger partial charge < -0.3 is 5.32 Å². The maximum atomic E-state index is 6.23. The molecule has 90 valence electrons. The number of unbranched alkanes of at least 4 members (excludes halogenated alkanes) is 2. The number of nitrogens with one attached hydrogen (secondary N) is 1. The topological polar surface area (TPSA) is 12.0 Å². The summed E-state index contributed by atoms with van der Waals surface area (Å²) in [5.74, 6) is 1.17. The minimum Gasteiger partial charge on any atom is -0.316 e. The second-order valence-electron chi connectivity index (χ2n) is 3.85. The number of thioether (sulfide) groups is 1. The van der Waals surface area contributed by atoms with Crippen molar-refractivity contribution in [2.24, 2.45) is 0 Å². The van der Waals surface area contributed by atoms with Crippen LogP contribution in [0.5, 0.6) is 0 Å². The summed E-state index contributed by atoms with van der Waals surface area (Å²) in [5.41, 5.74) is 1.24. The van der Waals surface area contributed by atoms with Crippen LogP contribution in [0.1, 0.15) is 31.7 Å². The van der Waals surface area contributed by atoms with Gasteiger partial charge in [-0.1, -0.05) is 37.4 Å². The first-order valence-corrected chi connectivity index (χ1v) is 7.20. The van der Waals surface area contributed by atoms with Gasteiger partial charge in [0.15, 0.2) is 0 Å². The molecular weight excluding hydrogens is 238 g/mol. The van der Waals surface area contributed by atoms with Crippen LogP contribution in [0.15, 0.2) is 23.1 Å². The predicted molar refractivity (Wildman–Crippen MR) is 74.5 cm³/mol. The Bertz CT molecular complexity index is 315. The van der Waals surface area contributed by atoms with E-state index in [9.17, 15) is 0 Å². The number of halogens is 1. The first-order chi connectivity index (χ1) is 7.77. The minimum atomic E-state index is 0.875. The fourth-order valence-electron chi connectivity index (χ4n) is 1.51. The lowest BCUT2D eigenvalue weighted by Crippen LogP contribution is -2.04. The van der Waals surface area contributed by atoms with Gasteiger partial charge in [-0.25, -0.2) is 0 Å². The molecule has 0 unspecified atom stereocenters. The normalized spacial score (nSPS) is 10.7. The monoisotopic (exact) mass is 257 g/mol. The van der Waals surface area contributed by atoms with Crippen molar-refractivity contribution in [3.05, 3.63) is 28.8 Å². The van der Waals surface area contributed by atoms with Crippen molar-refractivity contribution in [3.63, 3.8) is 0 Å². The maximum absolute atomic E-state index is 6.23. The largest absolute Gasteiger partial charge is 0.316 e. The molecule has 0 saturated carbocycles. The number of hydrogen-bond donors (Lipinski definition) is 1. The molecule has 0 saturated heterocycles. The van der Waals surface area contributed by atoms with Gasteiger partial charge in [0.05, 0.1) is 5.02 Å². The summed E-state index contributed by atoms with van der Waals surface area (Å²) in [6, 6.07) is 6.33. The van der Waals surface area contributed by atoms with E-state index in [4.69, 9.17) is 11.6 Å². The third-order valence-electron chi connectivity index (χ3n) is 2.38. The first kappa shape index (κ1) is 13.9. The van der Waals surface area contributed by atoms with Crippen LogP contribution in [0.3, 0.4) is 0 Å². The SMILES string of the molecule is CCCCCSc1ccc(CNC)cc1Cl. The summed E-state index contributed by atoms with van der Waals surface area (Å²) < 4.78 is 0. The molecule has 0 radical (unpaired) electrons. The second kappa shape index (κ2) is 7.99. The van der Waals surface area contributed by atoms with Crippen LogP contribution in [0, 0.1) is 0 Å². The van der Waals surface area contributed by atoms with Gasteiger partial charge >= 0.3 is 0 Å². The highest BCUT2D eigenvalue weighted by Crippen LogP contribution is 2.28. The summed E-state index contributed by atoms with van der Waals surface area (Å²) in [5, 5.41) is 4.01. The Kier molecular flexibility index (Phi) is 6.93. The van der Waals surface area contributed by atoms with Crippen LogP contribution in [0.25, 0.3) is 0 Å². The lowest BCUT2D eigenvalue weighted by atomic mass is 10.2. The van der Waals surface area contributed by atoms with E-state index in [0.29, 0.717) is 0 Å². The van der Waals surface area contributed by atoms with Crippen LogP contribution in [-0.4, -0.2) is 12.8 Å². The Hall–Kier alpha value is -0.180. The molecule has 1 aromatic rings. The van der Waals surface area contributed by atoms with Crippen LogP contribution >= 0.6 is 23.4 Å². The quantitative estimate of drug-likeness (QED) is 0.576. The zero-order chi connectivity index (χ0) is 11.8. The van der Waals surface area contributed by atoms with E-state index in [1.807, 2.05) is 18.8 Å². The van der Waals surface area contributed by atoms with Gasteiger partial charge in [-0.3, -0.25) is 0 Å². The second-order valence-corrected chi connectivity index (χ2v) is 5.39. The molecule has 1 rings (SSSR count). The Balaban J connectivity index is 2.47. The van der Waals surface area contributed by atoms with Crippen molar-refractivity contribution in [3.8, 4) is 0 Å². The van der Waals surface area contributed by atoms with Crippen LogP contribution in [0.4, 0.5) is 0 Å². The molecule has 3 heteroatoms. The summed E-state index contributed by atoms with van der Waals surface area (Å²) in [7, 11) is 1.95. The van der Waals surface area contributed by atoms with Gasteiger partial charge in [0, 0.05) is 11.4 Å². The predicted octanol–water partition coefficient (Wildman–Crippen LogP) is 4.34. The Morgan fingerprint density at radius 1 is 1.31 bits per heavy atom. The molecule has 1 N–H and O–H groups in total. The van der Waals surface area contributed by atoms with E-state index in [0.717, 1.165) is 11.6 Å². The van der Waals surface area contributed by atoms with Crippen molar-refractivity contribution in [1.29, 1.82) is 0 Å². The molecule has 0 aliphatic carbocycles. The third-order valence-corrected chi connectivity index (χ3v) is 3.97. The summed E-state index contributed by atoms with van der Waals surface area (Å²) >= 11 is 8.09. The van der Waals surface area contributed by atoms with Gasteiger partial charge in [0.2, 0.25) is 0 Å². The molecule has 0 aliphatic heterocycles. The van der Waals surface area contributed by atoms with E-state index >= 15 is 0 Å². The zero-order valence-corrected chi connectivity index (χ0v) is 11.6. The van der Waals surface area contributed by atoms with E-state index in [1.165, 1.54) is 35.5 Å². The third kappa shape index (κ3) is 4.77. The summed E-state index contributed by atoms with van der Waals surface area (Å²) in [6.07, 6.45) is 3.85. The summed E-state index contributed by atoms with van der Waals surface area (Å²) in [4.78, 5) is 1.21. The molecule has 0 bridgehead atoms. The standard InChI is InChI=1S/C13H20ClNS/c1-3-4-5-8-16-13-7-6-11(10-15-2)9-12(13)14/h6-7,9,15H,3-5,8,10H2,1-2H3. The van der Waals surface area contributed by atoms with Crippen molar-refractivity contribution in [1.82, 2.24) is 5.32 Å². The van der Waals surface area contributed by atoms with E-state index in [2.05, 4.69) is 30.4 Å². The molecule has 1 aromatic carbocycles. The van der Waals surface area contributed by atoms with E-state index < -0.39 is 0 Å². The molecule has 0 spiro atoms. The minimum absolute atomic E-state index is 0.875. The average molecular weight is 258 g/mol. The lowest BCUT2D eigenvalue weighted by Gasteiger charge is -2.06. The highest BCUT2D eigenvalue weighted by atomic mass is 35.5. The van der Waals surface area contributed by atoms with Gasteiger partial charge in [-0.2, -0.15) is 0 Å². The first-order valence-electron chi connectivity index (χ1n) is 5.83. The number of rotatable bonds is 7. The molecule has 0 amide bonds. The van der Waals surface area contributed by atoms with Gasteiger partial charge in [-0.15, -0.1) is 11.8 Å². The van der Waals surface area contributed by atoms with Crippen LogP contribution < -0.4 is 5.32 Å². The van der Waals surface area contributed by atoms with Crippen LogP contribution in [-0.2, 0) is 6.54 Å². The van der Waals surface area contributed by atoms with Crippen molar-refractivity contribution in [2.75, 3.05) is 12.8 Å². The van der Waals surface area contributed by atoms with Crippen molar-refractivity contribution >= 4 is 23.4 Å². The Morgan fingerprint density at radius 2 is 2.12 bits per heavy atom. The summed E-state index contributed by atoms with van der Waals surface area (Å²) in [6.45, 7) is 3.10. The Labute approximate surface area is 108 Å². The van der Waals surface area contributed by atoms with E-state index in [1.54, 1.807) is 0 Å². The molecule has 0 aromatic heterocycles. The molecule has 16 heavy (non-hydrogen) atoms. The molecule has 0 fully saturated rings. The number of hydrogen-bond acceptors (Lipinski definition) is 2. The molecule has 0 heterocycles. The van der Waals surface area contributed by atoms with Crippen molar-refractivity contribution in [2.45, 2.75) is 37.6 Å². The van der Waals surface area contributed by atoms with Gasteiger partial charge in [0.25, 0.3) is 0 Å². The fraction of sp³-hybridized carbons (Fsp3) is 0.538. The van der Waals surface area contributed by atoms with Gasteiger partial charge in [-0.05, 0) is 36.9 Å². The molecular formula is C13H20ClNS. The van der Waals surface area contributed by atoms with Crippen molar-refractivity contribution < 1.29 is 0 Å². The highest BCUT2D eigenvalue weighted by Gasteiger charge is 2.02. The van der Waals surface area contributed by atoms with Crippen LogP contribution in [0.2, 0.25) is 5.02 Å². The zero-order valence-electron chi connectivity index (χ0n) is 10.1. The Morgan fingerprint density at radius 3 is 2.75 bits per heavy atom. The highest BCUT2D eigenvalue weighted by molar-refractivity contribution is 7.99.